The zero-order chi connectivity index (χ0) is 11.3. The maximum Gasteiger partial charge on any atom is 0.138 e. The van der Waals surface area contributed by atoms with Crippen molar-refractivity contribution in [2.45, 2.75) is 12.8 Å². The number of ketones is 1. The van der Waals surface area contributed by atoms with Gasteiger partial charge in [-0.2, -0.15) is 11.8 Å². The van der Waals surface area contributed by atoms with E-state index in [2.05, 4.69) is 0 Å². The molecule has 15 heavy (non-hydrogen) atoms. The molecule has 1 nitrogen and oxygen atoms in total. The smallest absolute Gasteiger partial charge is 0.138 e. The molecule has 0 amide bonds. The van der Waals surface area contributed by atoms with Gasteiger partial charge < -0.3 is 0 Å². The Hall–Kier alpha value is -0.900. The van der Waals surface area contributed by atoms with Gasteiger partial charge in [0.15, 0.2) is 0 Å². The van der Waals surface area contributed by atoms with Crippen molar-refractivity contribution in [2.75, 3.05) is 12.0 Å². The number of Topliss-reactive ketones (excluding diaryl/α,β-unsaturated/α-hetero) is 1. The topological polar surface area (TPSA) is 17.1 Å². The summed E-state index contributed by atoms with van der Waals surface area (Å²) in [5.41, 5.74) is -0.122. The van der Waals surface area contributed by atoms with Crippen LogP contribution in [0, 0.1) is 11.6 Å². The lowest BCUT2D eigenvalue weighted by Gasteiger charge is -2.03. The molecule has 0 N–H and O–H groups in total. The van der Waals surface area contributed by atoms with E-state index < -0.39 is 11.6 Å². The lowest BCUT2D eigenvalue weighted by molar-refractivity contribution is -0.118. The van der Waals surface area contributed by atoms with E-state index in [9.17, 15) is 13.6 Å². The molecule has 82 valence electrons. The van der Waals surface area contributed by atoms with Gasteiger partial charge in [-0.05, 0) is 24.1 Å². The normalized spacial score (nSPS) is 10.3. The van der Waals surface area contributed by atoms with E-state index in [-0.39, 0.29) is 17.8 Å². The van der Waals surface area contributed by atoms with Gasteiger partial charge in [-0.25, -0.2) is 8.78 Å². The molecule has 1 aromatic carbocycles. The van der Waals surface area contributed by atoms with Gasteiger partial charge >= 0.3 is 0 Å². The Kier molecular flexibility index (Phi) is 4.75. The lowest BCUT2D eigenvalue weighted by atomic mass is 10.1. The molecule has 0 aliphatic rings. The largest absolute Gasteiger partial charge is 0.299 e. The highest BCUT2D eigenvalue weighted by Gasteiger charge is 2.12. The van der Waals surface area contributed by atoms with Crippen LogP contribution >= 0.6 is 11.8 Å². The van der Waals surface area contributed by atoms with Gasteiger partial charge in [-0.15, -0.1) is 0 Å². The van der Waals surface area contributed by atoms with E-state index in [1.807, 2.05) is 6.26 Å². The van der Waals surface area contributed by atoms with Gasteiger partial charge in [-0.1, -0.05) is 6.07 Å². The summed E-state index contributed by atoms with van der Waals surface area (Å²) in [6, 6.07) is 3.63. The quantitative estimate of drug-likeness (QED) is 0.773. The SMILES string of the molecule is CSCCC(=O)Cc1c(F)cccc1F. The molecule has 0 aromatic heterocycles. The van der Waals surface area contributed by atoms with Crippen molar-refractivity contribution in [1.82, 2.24) is 0 Å². The van der Waals surface area contributed by atoms with Crippen molar-refractivity contribution in [2.24, 2.45) is 0 Å². The molecule has 0 aliphatic carbocycles. The Morgan fingerprint density at radius 2 is 1.93 bits per heavy atom. The van der Waals surface area contributed by atoms with Crippen molar-refractivity contribution >= 4 is 17.5 Å². The van der Waals surface area contributed by atoms with Crippen LogP contribution in [0.2, 0.25) is 0 Å². The van der Waals surface area contributed by atoms with Crippen LogP contribution in [0.25, 0.3) is 0 Å². The Morgan fingerprint density at radius 3 is 2.47 bits per heavy atom. The fourth-order valence-corrected chi connectivity index (χ4v) is 1.63. The standard InChI is InChI=1S/C11H12F2OS/c1-15-6-5-8(14)7-9-10(12)3-2-4-11(9)13/h2-4H,5-7H2,1H3. The first-order valence-corrected chi connectivity index (χ1v) is 5.98. The first kappa shape index (κ1) is 12.2. The number of carbonyl (C=O) groups excluding carboxylic acids is 1. The van der Waals surface area contributed by atoms with Crippen molar-refractivity contribution in [3.63, 3.8) is 0 Å². The molecule has 0 aliphatic heterocycles. The fraction of sp³-hybridized carbons (Fsp3) is 0.364. The number of hydrogen-bond donors (Lipinski definition) is 0. The first-order valence-electron chi connectivity index (χ1n) is 4.58. The van der Waals surface area contributed by atoms with Crippen LogP contribution in [-0.4, -0.2) is 17.8 Å². The number of rotatable bonds is 5. The summed E-state index contributed by atoms with van der Waals surface area (Å²) in [5, 5.41) is 0. The van der Waals surface area contributed by atoms with Gasteiger partial charge in [0.25, 0.3) is 0 Å². The number of thioether (sulfide) groups is 1. The molecule has 0 unspecified atom stereocenters. The molecule has 0 spiro atoms. The molecular formula is C11H12F2OS. The predicted octanol–water partition coefficient (Wildman–Crippen LogP) is 2.83. The van der Waals surface area contributed by atoms with Gasteiger partial charge in [-0.3, -0.25) is 4.79 Å². The minimum absolute atomic E-state index is 0.122. The van der Waals surface area contributed by atoms with E-state index in [0.29, 0.717) is 12.2 Å². The average Bonchev–Trinajstić information content (AvgIpc) is 2.21. The molecule has 0 heterocycles. The fourth-order valence-electron chi connectivity index (χ4n) is 1.20. The highest BCUT2D eigenvalue weighted by Crippen LogP contribution is 2.13. The first-order chi connectivity index (χ1) is 7.15. The molecule has 0 atom stereocenters. The van der Waals surface area contributed by atoms with E-state index in [1.54, 1.807) is 11.8 Å². The summed E-state index contributed by atoms with van der Waals surface area (Å²) in [6.45, 7) is 0. The van der Waals surface area contributed by atoms with E-state index >= 15 is 0 Å². The third kappa shape index (κ3) is 3.63. The van der Waals surface area contributed by atoms with E-state index in [0.717, 1.165) is 0 Å². The Bertz CT molecular complexity index is 332. The summed E-state index contributed by atoms with van der Waals surface area (Å²) in [5.74, 6) is -0.733. The second kappa shape index (κ2) is 5.85. The molecular weight excluding hydrogens is 218 g/mol. The van der Waals surface area contributed by atoms with Crippen molar-refractivity contribution in [3.05, 3.63) is 35.4 Å². The number of carbonyl (C=O) groups is 1. The summed E-state index contributed by atoms with van der Waals surface area (Å²) >= 11 is 1.54. The second-order valence-electron chi connectivity index (χ2n) is 3.16. The van der Waals surface area contributed by atoms with Crippen molar-refractivity contribution in [1.29, 1.82) is 0 Å². The summed E-state index contributed by atoms with van der Waals surface area (Å²) in [4.78, 5) is 11.3. The lowest BCUT2D eigenvalue weighted by Crippen LogP contribution is -2.07. The van der Waals surface area contributed by atoms with Crippen LogP contribution in [0.3, 0.4) is 0 Å². The van der Waals surface area contributed by atoms with Gasteiger partial charge in [0.2, 0.25) is 0 Å². The van der Waals surface area contributed by atoms with Crippen LogP contribution in [0.4, 0.5) is 8.78 Å². The molecule has 4 heteroatoms. The molecule has 0 saturated carbocycles. The van der Waals surface area contributed by atoms with Crippen LogP contribution in [0.15, 0.2) is 18.2 Å². The minimum Gasteiger partial charge on any atom is -0.299 e. The maximum atomic E-state index is 13.1. The summed E-state index contributed by atoms with van der Waals surface area (Å²) in [6.07, 6.45) is 2.09. The van der Waals surface area contributed by atoms with E-state index in [1.165, 1.54) is 18.2 Å². The zero-order valence-corrected chi connectivity index (χ0v) is 9.24. The molecule has 0 fully saturated rings. The van der Waals surface area contributed by atoms with Gasteiger partial charge in [0.05, 0.1) is 0 Å². The second-order valence-corrected chi connectivity index (χ2v) is 4.14. The van der Waals surface area contributed by atoms with Crippen molar-refractivity contribution < 1.29 is 13.6 Å². The van der Waals surface area contributed by atoms with Gasteiger partial charge in [0, 0.05) is 18.4 Å². The molecule has 1 rings (SSSR count). The minimum atomic E-state index is -0.646. The van der Waals surface area contributed by atoms with Gasteiger partial charge in [0.1, 0.15) is 17.4 Å². The highest BCUT2D eigenvalue weighted by atomic mass is 32.2. The third-order valence-electron chi connectivity index (χ3n) is 2.02. The number of hydrogen-bond acceptors (Lipinski definition) is 2. The Labute approximate surface area is 91.9 Å². The Morgan fingerprint density at radius 1 is 1.33 bits per heavy atom. The summed E-state index contributed by atoms with van der Waals surface area (Å²) < 4.78 is 26.3. The molecule has 0 saturated heterocycles. The predicted molar refractivity (Wildman–Crippen MR) is 58.1 cm³/mol. The van der Waals surface area contributed by atoms with Crippen LogP contribution in [0.1, 0.15) is 12.0 Å². The van der Waals surface area contributed by atoms with Crippen LogP contribution in [0.5, 0.6) is 0 Å². The Balaban J connectivity index is 2.68. The maximum absolute atomic E-state index is 13.1. The average molecular weight is 230 g/mol. The van der Waals surface area contributed by atoms with Crippen LogP contribution in [-0.2, 0) is 11.2 Å². The number of benzene rings is 1. The van der Waals surface area contributed by atoms with E-state index in [4.69, 9.17) is 0 Å². The monoisotopic (exact) mass is 230 g/mol. The highest BCUT2D eigenvalue weighted by molar-refractivity contribution is 7.98. The summed E-state index contributed by atoms with van der Waals surface area (Å²) in [7, 11) is 0. The third-order valence-corrected chi connectivity index (χ3v) is 2.63. The molecule has 0 radical (unpaired) electrons. The molecule has 1 aromatic rings. The zero-order valence-electron chi connectivity index (χ0n) is 8.43. The van der Waals surface area contributed by atoms with Crippen molar-refractivity contribution in [3.8, 4) is 0 Å². The van der Waals surface area contributed by atoms with Crippen LogP contribution < -0.4 is 0 Å². The number of halogens is 2. The molecule has 0 bridgehead atoms.